The average molecular weight is 389 g/mol. The van der Waals surface area contributed by atoms with E-state index >= 15 is 0 Å². The first-order valence-electron chi connectivity index (χ1n) is 9.31. The molecule has 0 bridgehead atoms. The van der Waals surface area contributed by atoms with Crippen LogP contribution in [0.4, 0.5) is 0 Å². The van der Waals surface area contributed by atoms with Crippen LogP contribution in [0.2, 0.25) is 0 Å². The molecule has 0 radical (unpaired) electrons. The predicted molar refractivity (Wildman–Crippen MR) is 117 cm³/mol. The highest BCUT2D eigenvalue weighted by Crippen LogP contribution is 2.28. The number of aliphatic hydroxyl groups is 1. The van der Waals surface area contributed by atoms with Crippen molar-refractivity contribution in [3.8, 4) is 11.4 Å². The van der Waals surface area contributed by atoms with Crippen molar-refractivity contribution in [2.45, 2.75) is 33.1 Å². The van der Waals surface area contributed by atoms with Crippen LogP contribution in [-0.4, -0.2) is 20.9 Å². The smallest absolute Gasteiger partial charge is 0.138 e. The number of hydrogen-bond acceptors (Lipinski definition) is 4. The molecule has 0 saturated carbocycles. The van der Waals surface area contributed by atoms with Crippen molar-refractivity contribution in [1.82, 2.24) is 9.78 Å². The highest BCUT2D eigenvalue weighted by atomic mass is 16.5. The molecule has 150 valence electrons. The quantitative estimate of drug-likeness (QED) is 0.505. The number of rotatable bonds is 6. The lowest BCUT2D eigenvalue weighted by atomic mass is 10.0. The van der Waals surface area contributed by atoms with Gasteiger partial charge in [0.15, 0.2) is 0 Å². The summed E-state index contributed by atoms with van der Waals surface area (Å²) in [7, 11) is 0. The van der Waals surface area contributed by atoms with Gasteiger partial charge in [-0.1, -0.05) is 49.9 Å². The summed E-state index contributed by atoms with van der Waals surface area (Å²) in [4.78, 5) is 0. The standard InChI is InChI=1S/C23H23N3O2.CH4/c1-16(24)23(18-7-3-2-4-8-18)28-21-10-11-22-19(13-21)14-25-26(22)20-9-5-6-17(12-20)15-27;/h2-14,16,23,27H,15,24H2,1H3;1H4/t16-,23-;/m0./s1. The van der Waals surface area contributed by atoms with Crippen LogP contribution in [0.3, 0.4) is 0 Å². The number of nitrogens with two attached hydrogens (primary N) is 1. The molecule has 0 fully saturated rings. The summed E-state index contributed by atoms with van der Waals surface area (Å²) < 4.78 is 8.09. The summed E-state index contributed by atoms with van der Waals surface area (Å²) in [5.41, 5.74) is 9.96. The van der Waals surface area contributed by atoms with Crippen molar-refractivity contribution in [2.24, 2.45) is 5.73 Å². The SMILES string of the molecule is C.C[C@H](N)[C@H](Oc1ccc2c(cnn2-c2cccc(CO)c2)c1)c1ccccc1. The third kappa shape index (κ3) is 4.31. The number of aromatic nitrogens is 2. The monoisotopic (exact) mass is 389 g/mol. The van der Waals surface area contributed by atoms with E-state index in [1.165, 1.54) is 0 Å². The molecule has 3 N–H and O–H groups in total. The molecule has 0 spiro atoms. The second-order valence-electron chi connectivity index (χ2n) is 6.91. The summed E-state index contributed by atoms with van der Waals surface area (Å²) in [5.74, 6) is 0.752. The van der Waals surface area contributed by atoms with Gasteiger partial charge in [-0.25, -0.2) is 4.68 Å². The van der Waals surface area contributed by atoms with Gasteiger partial charge in [0.25, 0.3) is 0 Å². The molecular weight excluding hydrogens is 362 g/mol. The lowest BCUT2D eigenvalue weighted by Crippen LogP contribution is -2.29. The van der Waals surface area contributed by atoms with Gasteiger partial charge in [-0.2, -0.15) is 5.10 Å². The van der Waals surface area contributed by atoms with Gasteiger partial charge in [-0.3, -0.25) is 0 Å². The van der Waals surface area contributed by atoms with Crippen molar-refractivity contribution in [1.29, 1.82) is 0 Å². The fourth-order valence-electron chi connectivity index (χ4n) is 3.34. The zero-order chi connectivity index (χ0) is 19.5. The Morgan fingerprint density at radius 1 is 1.03 bits per heavy atom. The van der Waals surface area contributed by atoms with Gasteiger partial charge >= 0.3 is 0 Å². The number of hydrogen-bond donors (Lipinski definition) is 2. The summed E-state index contributed by atoms with van der Waals surface area (Å²) in [6, 6.07) is 23.5. The Morgan fingerprint density at radius 2 is 1.83 bits per heavy atom. The van der Waals surface area contributed by atoms with Crippen LogP contribution in [0, 0.1) is 0 Å². The molecule has 0 amide bonds. The molecular formula is C24H27N3O2. The van der Waals surface area contributed by atoms with Gasteiger partial charge in [-0.05, 0) is 48.4 Å². The van der Waals surface area contributed by atoms with E-state index in [4.69, 9.17) is 10.5 Å². The second-order valence-corrected chi connectivity index (χ2v) is 6.91. The number of ether oxygens (including phenoxy) is 1. The lowest BCUT2D eigenvalue weighted by molar-refractivity contribution is 0.180. The van der Waals surface area contributed by atoms with Crippen molar-refractivity contribution in [3.63, 3.8) is 0 Å². The Labute approximate surface area is 171 Å². The molecule has 4 rings (SSSR count). The molecule has 2 atom stereocenters. The minimum atomic E-state index is -0.227. The van der Waals surface area contributed by atoms with E-state index in [2.05, 4.69) is 5.10 Å². The zero-order valence-electron chi connectivity index (χ0n) is 15.7. The summed E-state index contributed by atoms with van der Waals surface area (Å²) in [6.45, 7) is 1.95. The molecule has 0 aliphatic carbocycles. The molecule has 1 aromatic heterocycles. The predicted octanol–water partition coefficient (Wildman–Crippen LogP) is 4.62. The van der Waals surface area contributed by atoms with Gasteiger partial charge in [0.1, 0.15) is 11.9 Å². The number of aliphatic hydroxyl groups excluding tert-OH is 1. The molecule has 0 saturated heterocycles. The van der Waals surface area contributed by atoms with Crippen LogP contribution >= 0.6 is 0 Å². The first kappa shape index (κ1) is 20.6. The highest BCUT2D eigenvalue weighted by Gasteiger charge is 2.18. The van der Waals surface area contributed by atoms with E-state index in [9.17, 15) is 5.11 Å². The third-order valence-corrected chi connectivity index (χ3v) is 4.75. The van der Waals surface area contributed by atoms with Gasteiger partial charge < -0.3 is 15.6 Å². The van der Waals surface area contributed by atoms with Crippen LogP contribution in [0.1, 0.15) is 31.6 Å². The molecule has 5 nitrogen and oxygen atoms in total. The zero-order valence-corrected chi connectivity index (χ0v) is 15.7. The molecule has 3 aromatic carbocycles. The van der Waals surface area contributed by atoms with Gasteiger partial charge in [-0.15, -0.1) is 0 Å². The van der Waals surface area contributed by atoms with Crippen molar-refractivity contribution in [2.75, 3.05) is 0 Å². The first-order valence-corrected chi connectivity index (χ1v) is 9.31. The Balaban J connectivity index is 0.00000240. The first-order chi connectivity index (χ1) is 13.7. The maximum atomic E-state index is 9.38. The third-order valence-electron chi connectivity index (χ3n) is 4.75. The normalized spacial score (nSPS) is 12.9. The minimum Gasteiger partial charge on any atom is -0.484 e. The van der Waals surface area contributed by atoms with Crippen LogP contribution in [0.5, 0.6) is 5.75 Å². The van der Waals surface area contributed by atoms with Gasteiger partial charge in [0.2, 0.25) is 0 Å². The molecule has 0 aliphatic rings. The summed E-state index contributed by atoms with van der Waals surface area (Å²) in [6.07, 6.45) is 1.59. The second kappa shape index (κ2) is 8.90. The van der Waals surface area contributed by atoms with Gasteiger partial charge in [0, 0.05) is 11.4 Å². The molecule has 5 heteroatoms. The van der Waals surface area contributed by atoms with E-state index in [1.807, 2.05) is 90.6 Å². The fraction of sp³-hybridized carbons (Fsp3) is 0.208. The van der Waals surface area contributed by atoms with Crippen LogP contribution < -0.4 is 10.5 Å². The Kier molecular flexibility index (Phi) is 6.32. The molecule has 0 aliphatic heterocycles. The molecule has 4 aromatic rings. The Bertz CT molecular complexity index is 1070. The average Bonchev–Trinajstić information content (AvgIpc) is 3.15. The molecule has 29 heavy (non-hydrogen) atoms. The summed E-state index contributed by atoms with van der Waals surface area (Å²) >= 11 is 0. The fourth-order valence-corrected chi connectivity index (χ4v) is 3.34. The largest absolute Gasteiger partial charge is 0.484 e. The number of nitrogens with zero attached hydrogens (tertiary/aromatic N) is 2. The van der Waals surface area contributed by atoms with Crippen LogP contribution in [-0.2, 0) is 6.61 Å². The van der Waals surface area contributed by atoms with E-state index < -0.39 is 0 Å². The van der Waals surface area contributed by atoms with Crippen molar-refractivity contribution < 1.29 is 9.84 Å². The topological polar surface area (TPSA) is 73.3 Å². The highest BCUT2D eigenvalue weighted by molar-refractivity contribution is 5.81. The molecule has 1 heterocycles. The summed E-state index contributed by atoms with van der Waals surface area (Å²) in [5, 5.41) is 14.9. The van der Waals surface area contributed by atoms with Crippen LogP contribution in [0.15, 0.2) is 79.0 Å². The van der Waals surface area contributed by atoms with Crippen LogP contribution in [0.25, 0.3) is 16.6 Å². The van der Waals surface area contributed by atoms with E-state index in [1.54, 1.807) is 0 Å². The minimum absolute atomic E-state index is 0. The maximum Gasteiger partial charge on any atom is 0.138 e. The Morgan fingerprint density at radius 3 is 2.55 bits per heavy atom. The van der Waals surface area contributed by atoms with E-state index in [0.717, 1.165) is 33.5 Å². The van der Waals surface area contributed by atoms with Crippen molar-refractivity contribution in [3.05, 3.63) is 90.1 Å². The Hall–Kier alpha value is -3.15. The lowest BCUT2D eigenvalue weighted by Gasteiger charge is -2.23. The van der Waals surface area contributed by atoms with Crippen molar-refractivity contribution >= 4 is 10.9 Å². The molecule has 0 unspecified atom stereocenters. The van der Waals surface area contributed by atoms with E-state index in [-0.39, 0.29) is 26.2 Å². The maximum absolute atomic E-state index is 9.38. The number of benzene rings is 3. The van der Waals surface area contributed by atoms with E-state index in [0.29, 0.717) is 0 Å². The van der Waals surface area contributed by atoms with Gasteiger partial charge in [0.05, 0.1) is 24.0 Å². The number of fused-ring (bicyclic) bond motifs is 1.